The van der Waals surface area contributed by atoms with Gasteiger partial charge in [-0.3, -0.25) is 4.90 Å². The maximum atomic E-state index is 13.4. The lowest BCUT2D eigenvalue weighted by atomic mass is 10.0. The predicted octanol–water partition coefficient (Wildman–Crippen LogP) is 5.35. The van der Waals surface area contributed by atoms with Gasteiger partial charge in [0.25, 0.3) is 0 Å². The molecule has 1 aliphatic rings. The normalized spacial score (nSPS) is 14.3. The number of hydrogen-bond donors (Lipinski definition) is 2. The minimum Gasteiger partial charge on any atom is -0.489 e. The Hall–Kier alpha value is -3.87. The highest BCUT2D eigenvalue weighted by Gasteiger charge is 2.36. The van der Waals surface area contributed by atoms with E-state index >= 15 is 0 Å². The first-order valence-electron chi connectivity index (χ1n) is 11.7. The highest BCUT2D eigenvalue weighted by atomic mass is 19.4. The van der Waals surface area contributed by atoms with E-state index < -0.39 is 23.8 Å². The molecule has 0 spiro atoms. The second-order valence-corrected chi connectivity index (χ2v) is 8.99. The highest BCUT2D eigenvalue weighted by molar-refractivity contribution is 5.88. The van der Waals surface area contributed by atoms with Crippen molar-refractivity contribution in [2.75, 3.05) is 13.2 Å². The van der Waals surface area contributed by atoms with Gasteiger partial charge in [0.1, 0.15) is 24.5 Å². The van der Waals surface area contributed by atoms with Crippen LogP contribution in [-0.4, -0.2) is 46.4 Å². The molecular formula is C28H25F3N2O4. The zero-order valence-electron chi connectivity index (χ0n) is 19.8. The Bertz CT molecular complexity index is 1300. The van der Waals surface area contributed by atoms with Crippen LogP contribution in [0.1, 0.15) is 39.9 Å². The second-order valence-electron chi connectivity index (χ2n) is 8.99. The van der Waals surface area contributed by atoms with Crippen LogP contribution >= 0.6 is 0 Å². The van der Waals surface area contributed by atoms with Crippen molar-refractivity contribution in [2.45, 2.75) is 37.7 Å². The molecule has 3 aromatic rings. The Morgan fingerprint density at radius 1 is 1.08 bits per heavy atom. The van der Waals surface area contributed by atoms with Crippen molar-refractivity contribution in [1.82, 2.24) is 4.90 Å². The summed E-state index contributed by atoms with van der Waals surface area (Å²) in [7, 11) is 0. The van der Waals surface area contributed by atoms with E-state index in [-0.39, 0.29) is 48.2 Å². The fraction of sp³-hybridized carbons (Fsp3) is 0.286. The number of carboxylic acids is 1. The van der Waals surface area contributed by atoms with Crippen molar-refractivity contribution >= 4 is 5.97 Å². The monoisotopic (exact) mass is 510 g/mol. The maximum Gasteiger partial charge on any atom is 0.416 e. The number of carboxylic acid groups (broad SMARTS) is 1. The van der Waals surface area contributed by atoms with Gasteiger partial charge in [0, 0.05) is 19.1 Å². The minimum absolute atomic E-state index is 0.0582. The Morgan fingerprint density at radius 2 is 1.76 bits per heavy atom. The fourth-order valence-corrected chi connectivity index (χ4v) is 4.16. The number of alkyl halides is 3. The third-order valence-electron chi connectivity index (χ3n) is 6.20. The molecule has 4 rings (SSSR count). The molecule has 0 bridgehead atoms. The molecule has 0 saturated heterocycles. The summed E-state index contributed by atoms with van der Waals surface area (Å²) in [5, 5.41) is 29.2. The Kier molecular flexibility index (Phi) is 7.81. The Morgan fingerprint density at radius 3 is 2.38 bits per heavy atom. The molecular weight excluding hydrogens is 485 g/mol. The molecule has 2 N–H and O–H groups in total. The number of nitriles is 1. The third-order valence-corrected chi connectivity index (χ3v) is 6.20. The van der Waals surface area contributed by atoms with Gasteiger partial charge in [-0.1, -0.05) is 36.4 Å². The number of hydrogen-bond acceptors (Lipinski definition) is 5. The van der Waals surface area contributed by atoms with Crippen LogP contribution in [0.2, 0.25) is 0 Å². The minimum atomic E-state index is -4.46. The number of nitrogens with zero attached hydrogens (tertiary/aromatic N) is 2. The van der Waals surface area contributed by atoms with Crippen molar-refractivity contribution in [1.29, 1.82) is 5.26 Å². The van der Waals surface area contributed by atoms with Crippen LogP contribution in [0.4, 0.5) is 13.2 Å². The summed E-state index contributed by atoms with van der Waals surface area (Å²) in [5.74, 6) is -0.784. The van der Waals surface area contributed by atoms with Crippen LogP contribution in [0.3, 0.4) is 0 Å². The first-order chi connectivity index (χ1) is 17.7. The lowest BCUT2D eigenvalue weighted by Gasteiger charge is -2.26. The largest absolute Gasteiger partial charge is 0.489 e. The average molecular weight is 511 g/mol. The molecule has 6 nitrogen and oxygen atoms in total. The Labute approximate surface area is 212 Å². The van der Waals surface area contributed by atoms with E-state index in [0.717, 1.165) is 24.5 Å². The van der Waals surface area contributed by atoms with Crippen molar-refractivity contribution in [3.8, 4) is 22.9 Å². The summed E-state index contributed by atoms with van der Waals surface area (Å²) in [6.45, 7) is 0.0258. The first-order valence-corrected chi connectivity index (χ1v) is 11.7. The van der Waals surface area contributed by atoms with Gasteiger partial charge in [-0.15, -0.1) is 0 Å². The molecule has 0 aromatic heterocycles. The number of carbonyl (C=O) groups is 1. The summed E-state index contributed by atoms with van der Waals surface area (Å²) in [4.78, 5) is 12.9. The number of aliphatic hydroxyl groups is 1. The van der Waals surface area contributed by atoms with Gasteiger partial charge >= 0.3 is 12.1 Å². The number of halogens is 3. The highest BCUT2D eigenvalue weighted by Crippen LogP contribution is 2.35. The van der Waals surface area contributed by atoms with Crippen molar-refractivity contribution in [2.24, 2.45) is 0 Å². The molecule has 37 heavy (non-hydrogen) atoms. The van der Waals surface area contributed by atoms with Gasteiger partial charge in [-0.25, -0.2) is 4.79 Å². The van der Waals surface area contributed by atoms with Crippen LogP contribution in [0.25, 0.3) is 11.1 Å². The number of aromatic carboxylic acids is 1. The smallest absolute Gasteiger partial charge is 0.416 e. The van der Waals surface area contributed by atoms with E-state index in [2.05, 4.69) is 0 Å². The molecule has 3 aromatic carbocycles. The van der Waals surface area contributed by atoms with E-state index in [4.69, 9.17) is 9.84 Å². The number of ether oxygens (including phenoxy) is 1. The third kappa shape index (κ3) is 6.67. The van der Waals surface area contributed by atoms with Crippen molar-refractivity contribution in [3.05, 3.63) is 89.0 Å². The van der Waals surface area contributed by atoms with Gasteiger partial charge in [0.2, 0.25) is 0 Å². The van der Waals surface area contributed by atoms with Crippen LogP contribution < -0.4 is 4.74 Å². The fourth-order valence-electron chi connectivity index (χ4n) is 4.16. The van der Waals surface area contributed by atoms with E-state index in [1.165, 1.54) is 24.3 Å². The second kappa shape index (κ2) is 11.0. The molecule has 1 atom stereocenters. The lowest BCUT2D eigenvalue weighted by molar-refractivity contribution is -0.138. The Balaban J connectivity index is 1.44. The zero-order chi connectivity index (χ0) is 26.6. The van der Waals surface area contributed by atoms with Gasteiger partial charge < -0.3 is 14.9 Å². The summed E-state index contributed by atoms with van der Waals surface area (Å²) in [5.41, 5.74) is 1.31. The molecule has 9 heteroatoms. The van der Waals surface area contributed by atoms with Gasteiger partial charge in [0.15, 0.2) is 0 Å². The number of benzene rings is 3. The number of rotatable bonds is 10. The van der Waals surface area contributed by atoms with Crippen LogP contribution in [0, 0.1) is 11.3 Å². The summed E-state index contributed by atoms with van der Waals surface area (Å²) >= 11 is 0. The standard InChI is InChI=1S/C28H25F3N2O4/c29-28(30,31)25-4-2-1-3-22(25)15-33(23-11-12-23)16-24(34)17-37-26-13-20(9-10-21(26)14-32)18-5-7-19(8-6-18)27(35)36/h1-10,13,23-24,34H,11-12,15-17H2,(H,35,36). The zero-order valence-corrected chi connectivity index (χ0v) is 19.8. The number of aliphatic hydroxyl groups excluding tert-OH is 1. The first kappa shape index (κ1) is 26.2. The van der Waals surface area contributed by atoms with E-state index in [1.807, 2.05) is 11.0 Å². The molecule has 1 saturated carbocycles. The molecule has 1 fully saturated rings. The molecule has 0 amide bonds. The summed E-state index contributed by atoms with van der Waals surface area (Å²) < 4.78 is 46.1. The van der Waals surface area contributed by atoms with Crippen LogP contribution in [0.5, 0.6) is 5.75 Å². The van der Waals surface area contributed by atoms with Crippen molar-refractivity contribution in [3.63, 3.8) is 0 Å². The maximum absolute atomic E-state index is 13.4. The van der Waals surface area contributed by atoms with Gasteiger partial charge in [-0.2, -0.15) is 18.4 Å². The molecule has 0 heterocycles. The van der Waals surface area contributed by atoms with E-state index in [9.17, 15) is 28.3 Å². The molecule has 192 valence electrons. The van der Waals surface area contributed by atoms with Gasteiger partial charge in [0.05, 0.1) is 16.7 Å². The van der Waals surface area contributed by atoms with E-state index in [0.29, 0.717) is 5.56 Å². The van der Waals surface area contributed by atoms with E-state index in [1.54, 1.807) is 36.4 Å². The quantitative estimate of drug-likeness (QED) is 0.382. The SMILES string of the molecule is N#Cc1ccc(-c2ccc(C(=O)O)cc2)cc1OCC(O)CN(Cc1ccccc1C(F)(F)F)C1CC1. The summed E-state index contributed by atoms with van der Waals surface area (Å²) in [6.07, 6.45) is -3.75. The van der Waals surface area contributed by atoms with Crippen LogP contribution in [0.15, 0.2) is 66.7 Å². The molecule has 1 aliphatic carbocycles. The van der Waals surface area contributed by atoms with Crippen molar-refractivity contribution < 1.29 is 32.9 Å². The summed E-state index contributed by atoms with van der Waals surface area (Å²) in [6, 6.07) is 18.8. The van der Waals surface area contributed by atoms with Crippen LogP contribution in [-0.2, 0) is 12.7 Å². The molecule has 1 unspecified atom stereocenters. The average Bonchev–Trinajstić information content (AvgIpc) is 3.72. The predicted molar refractivity (Wildman–Crippen MR) is 130 cm³/mol. The lowest BCUT2D eigenvalue weighted by Crippen LogP contribution is -2.37. The topological polar surface area (TPSA) is 93.8 Å². The molecule has 0 aliphatic heterocycles. The molecule has 0 radical (unpaired) electrons. The van der Waals surface area contributed by atoms with Gasteiger partial charge in [-0.05, 0) is 59.9 Å².